The SMILES string of the molecule is O=C1C2=Cc3cccc(Br)c3C2=C(Br)C(Br)=C1Br. The van der Waals surface area contributed by atoms with Crippen LogP contribution in [0.15, 0.2) is 41.7 Å². The molecule has 0 radical (unpaired) electrons. The Kier molecular flexibility index (Phi) is 3.29. The van der Waals surface area contributed by atoms with E-state index < -0.39 is 0 Å². The molecule has 90 valence electrons. The van der Waals surface area contributed by atoms with E-state index in [1.807, 2.05) is 24.3 Å². The number of fused-ring (bicyclic) bond motifs is 3. The van der Waals surface area contributed by atoms with Crippen LogP contribution in [0.25, 0.3) is 11.6 Å². The van der Waals surface area contributed by atoms with Crippen LogP contribution in [-0.2, 0) is 4.79 Å². The van der Waals surface area contributed by atoms with E-state index in [4.69, 9.17) is 0 Å². The van der Waals surface area contributed by atoms with Gasteiger partial charge in [0, 0.05) is 25.7 Å². The molecule has 0 fully saturated rings. The maximum absolute atomic E-state index is 12.3. The van der Waals surface area contributed by atoms with Crippen molar-refractivity contribution in [2.24, 2.45) is 0 Å². The van der Waals surface area contributed by atoms with E-state index in [2.05, 4.69) is 63.7 Å². The van der Waals surface area contributed by atoms with Gasteiger partial charge in [0.25, 0.3) is 0 Å². The Labute approximate surface area is 138 Å². The maximum atomic E-state index is 12.3. The van der Waals surface area contributed by atoms with Gasteiger partial charge < -0.3 is 0 Å². The second-order valence-corrected chi connectivity index (χ2v) is 7.14. The number of hydrogen-bond acceptors (Lipinski definition) is 1. The molecule has 2 aliphatic carbocycles. The lowest BCUT2D eigenvalue weighted by Gasteiger charge is -2.17. The molecule has 0 atom stereocenters. The highest BCUT2D eigenvalue weighted by molar-refractivity contribution is 9.16. The molecule has 0 heterocycles. The van der Waals surface area contributed by atoms with Gasteiger partial charge in [-0.1, -0.05) is 28.1 Å². The Hall–Kier alpha value is 0.0300. The molecule has 5 heteroatoms. The molecule has 0 N–H and O–H groups in total. The minimum absolute atomic E-state index is 0.00294. The molecule has 1 nitrogen and oxygen atoms in total. The number of ketones is 1. The van der Waals surface area contributed by atoms with Crippen LogP contribution in [0.4, 0.5) is 0 Å². The van der Waals surface area contributed by atoms with Gasteiger partial charge in [-0.3, -0.25) is 4.79 Å². The summed E-state index contributed by atoms with van der Waals surface area (Å²) >= 11 is 13.9. The Morgan fingerprint density at radius 2 is 1.61 bits per heavy atom. The van der Waals surface area contributed by atoms with Gasteiger partial charge >= 0.3 is 0 Å². The first kappa shape index (κ1) is 13.0. The van der Waals surface area contributed by atoms with E-state index in [9.17, 15) is 4.79 Å². The van der Waals surface area contributed by atoms with Gasteiger partial charge in [-0.05, 0) is 65.5 Å². The summed E-state index contributed by atoms with van der Waals surface area (Å²) in [5.41, 5.74) is 3.78. The standard InChI is InChI=1S/C13H4Br4O/c14-7-3-1-2-5-4-6-9(8(5)7)10(15)11(16)12(17)13(6)18/h1-4H. The van der Waals surface area contributed by atoms with Crippen molar-refractivity contribution in [1.29, 1.82) is 0 Å². The van der Waals surface area contributed by atoms with Crippen molar-refractivity contribution in [2.45, 2.75) is 0 Å². The number of allylic oxidation sites excluding steroid dienone is 5. The summed E-state index contributed by atoms with van der Waals surface area (Å²) in [6, 6.07) is 5.95. The molecule has 18 heavy (non-hydrogen) atoms. The molecule has 0 aliphatic heterocycles. The molecule has 0 amide bonds. The first-order chi connectivity index (χ1) is 8.52. The monoisotopic (exact) mass is 492 g/mol. The molecular weight excluding hydrogens is 492 g/mol. The van der Waals surface area contributed by atoms with Crippen molar-refractivity contribution in [1.82, 2.24) is 0 Å². The van der Waals surface area contributed by atoms with Crippen LogP contribution in [-0.4, -0.2) is 5.78 Å². The number of carbonyl (C=O) groups is 1. The van der Waals surface area contributed by atoms with Gasteiger partial charge in [0.05, 0.1) is 8.96 Å². The predicted molar refractivity (Wildman–Crippen MR) is 87.9 cm³/mol. The zero-order valence-corrected chi connectivity index (χ0v) is 15.1. The summed E-state index contributed by atoms with van der Waals surface area (Å²) in [6.45, 7) is 0. The largest absolute Gasteiger partial charge is 0.288 e. The maximum Gasteiger partial charge on any atom is 0.201 e. The van der Waals surface area contributed by atoms with Crippen LogP contribution in [0, 0.1) is 0 Å². The third-order valence-corrected chi connectivity index (χ3v) is 6.98. The highest BCUT2D eigenvalue weighted by Crippen LogP contribution is 2.50. The number of halogens is 4. The molecule has 1 aromatic carbocycles. The van der Waals surface area contributed by atoms with Gasteiger partial charge in [-0.15, -0.1) is 0 Å². The van der Waals surface area contributed by atoms with Gasteiger partial charge in [0.2, 0.25) is 5.78 Å². The zero-order valence-electron chi connectivity index (χ0n) is 8.73. The van der Waals surface area contributed by atoms with Crippen molar-refractivity contribution in [3.63, 3.8) is 0 Å². The second kappa shape index (κ2) is 4.54. The van der Waals surface area contributed by atoms with Crippen LogP contribution in [0.3, 0.4) is 0 Å². The number of rotatable bonds is 0. The topological polar surface area (TPSA) is 17.1 Å². The van der Waals surface area contributed by atoms with Crippen LogP contribution in [0.2, 0.25) is 0 Å². The van der Waals surface area contributed by atoms with Gasteiger partial charge in [0.15, 0.2) is 0 Å². The van der Waals surface area contributed by atoms with Crippen LogP contribution in [0.1, 0.15) is 11.1 Å². The minimum atomic E-state index is 0.00294. The van der Waals surface area contributed by atoms with Crippen molar-refractivity contribution < 1.29 is 4.79 Å². The molecule has 0 unspecified atom stereocenters. The van der Waals surface area contributed by atoms with Gasteiger partial charge in [-0.25, -0.2) is 0 Å². The number of carbonyl (C=O) groups excluding carboxylic acids is 1. The fraction of sp³-hybridized carbons (Fsp3) is 0. The number of benzene rings is 1. The van der Waals surface area contributed by atoms with Crippen LogP contribution in [0.5, 0.6) is 0 Å². The highest BCUT2D eigenvalue weighted by Gasteiger charge is 2.34. The van der Waals surface area contributed by atoms with E-state index >= 15 is 0 Å². The van der Waals surface area contributed by atoms with E-state index in [1.54, 1.807) is 0 Å². The molecule has 0 saturated heterocycles. The van der Waals surface area contributed by atoms with E-state index in [0.29, 0.717) is 4.48 Å². The lowest BCUT2D eigenvalue weighted by Crippen LogP contribution is -2.09. The molecule has 0 bridgehead atoms. The molecular formula is C13H4Br4O. The fourth-order valence-electron chi connectivity index (χ4n) is 2.12. The summed E-state index contributed by atoms with van der Waals surface area (Å²) in [5, 5.41) is 0. The van der Waals surface area contributed by atoms with E-state index in [-0.39, 0.29) is 5.78 Å². The fourth-order valence-corrected chi connectivity index (χ4v) is 4.36. The van der Waals surface area contributed by atoms with Crippen LogP contribution < -0.4 is 0 Å². The quantitative estimate of drug-likeness (QED) is 0.462. The molecule has 1 aromatic rings. The first-order valence-corrected chi connectivity index (χ1v) is 8.20. The molecule has 0 spiro atoms. The van der Waals surface area contributed by atoms with Crippen molar-refractivity contribution >= 4 is 81.2 Å². The molecule has 2 aliphatic rings. The summed E-state index contributed by atoms with van der Waals surface area (Å²) in [6.07, 6.45) is 1.93. The van der Waals surface area contributed by atoms with Gasteiger partial charge in [-0.2, -0.15) is 0 Å². The Balaban J connectivity index is 2.39. The normalized spacial score (nSPS) is 18.0. The predicted octanol–water partition coefficient (Wildman–Crippen LogP) is 5.54. The average Bonchev–Trinajstić information content (AvgIpc) is 2.75. The second-order valence-electron chi connectivity index (χ2n) is 3.91. The van der Waals surface area contributed by atoms with Crippen molar-refractivity contribution in [3.8, 4) is 0 Å². The summed E-state index contributed by atoms with van der Waals surface area (Å²) in [4.78, 5) is 12.3. The number of Topliss-reactive ketones (excluding diaryl/α,β-unsaturated/α-hetero) is 1. The third-order valence-electron chi connectivity index (χ3n) is 2.91. The Morgan fingerprint density at radius 1 is 0.889 bits per heavy atom. The van der Waals surface area contributed by atoms with Crippen molar-refractivity contribution in [3.05, 3.63) is 52.8 Å². The van der Waals surface area contributed by atoms with Gasteiger partial charge in [0.1, 0.15) is 0 Å². The molecule has 0 saturated carbocycles. The van der Waals surface area contributed by atoms with E-state index in [1.165, 1.54) is 0 Å². The van der Waals surface area contributed by atoms with Crippen LogP contribution >= 0.6 is 63.7 Å². The third kappa shape index (κ3) is 1.71. The number of hydrogen-bond donors (Lipinski definition) is 0. The summed E-state index contributed by atoms with van der Waals surface area (Å²) < 4.78 is 3.19. The lowest BCUT2D eigenvalue weighted by atomic mass is 9.96. The minimum Gasteiger partial charge on any atom is -0.288 e. The molecule has 0 aromatic heterocycles. The molecule has 3 rings (SSSR count). The average molecular weight is 496 g/mol. The summed E-state index contributed by atoms with van der Waals surface area (Å²) in [7, 11) is 0. The highest BCUT2D eigenvalue weighted by atomic mass is 79.9. The van der Waals surface area contributed by atoms with Crippen molar-refractivity contribution in [2.75, 3.05) is 0 Å². The zero-order chi connectivity index (χ0) is 13.0. The Bertz CT molecular complexity index is 695. The Morgan fingerprint density at radius 3 is 2.33 bits per heavy atom. The first-order valence-electron chi connectivity index (χ1n) is 5.03. The summed E-state index contributed by atoms with van der Waals surface area (Å²) in [5.74, 6) is 0.00294. The van der Waals surface area contributed by atoms with E-state index in [0.717, 1.165) is 35.7 Å². The smallest absolute Gasteiger partial charge is 0.201 e. The lowest BCUT2D eigenvalue weighted by molar-refractivity contribution is -0.111.